The van der Waals surface area contributed by atoms with Crippen LogP contribution in [0.1, 0.15) is 36.2 Å². The molecule has 2 saturated heterocycles. The Labute approximate surface area is 110 Å². The van der Waals surface area contributed by atoms with Gasteiger partial charge >= 0.3 is 0 Å². The maximum atomic E-state index is 5.43. The van der Waals surface area contributed by atoms with Crippen molar-refractivity contribution in [3.63, 3.8) is 0 Å². The second-order valence-electron chi connectivity index (χ2n) is 4.55. The molecular formula is C11H17N3OS2. The predicted octanol–water partition coefficient (Wildman–Crippen LogP) is 2.06. The van der Waals surface area contributed by atoms with Crippen LogP contribution in [0.3, 0.4) is 0 Å². The molecule has 0 aliphatic carbocycles. The highest BCUT2D eigenvalue weighted by atomic mass is 32.2. The Morgan fingerprint density at radius 1 is 1.35 bits per heavy atom. The zero-order valence-electron chi connectivity index (χ0n) is 9.89. The van der Waals surface area contributed by atoms with E-state index in [4.69, 9.17) is 4.52 Å². The van der Waals surface area contributed by atoms with Gasteiger partial charge in [0.15, 0.2) is 5.82 Å². The number of nitrogens with one attached hydrogen (secondary N) is 1. The topological polar surface area (TPSA) is 51.0 Å². The number of aromatic nitrogens is 2. The van der Waals surface area contributed by atoms with Crippen LogP contribution < -0.4 is 5.32 Å². The molecule has 4 nitrogen and oxygen atoms in total. The summed E-state index contributed by atoms with van der Waals surface area (Å²) in [4.78, 5) is 4.61. The number of hydrogen-bond donors (Lipinski definition) is 1. The first-order valence-corrected chi connectivity index (χ1v) is 8.22. The van der Waals surface area contributed by atoms with Crippen molar-refractivity contribution in [1.29, 1.82) is 0 Å². The molecule has 94 valence electrons. The van der Waals surface area contributed by atoms with Gasteiger partial charge in [0, 0.05) is 23.3 Å². The zero-order valence-corrected chi connectivity index (χ0v) is 11.5. The molecule has 1 aromatic heterocycles. The first-order valence-electron chi connectivity index (χ1n) is 6.12. The molecule has 0 amide bonds. The first kappa shape index (κ1) is 11.9. The SMILES string of the molecule is CC1SCCSC1c1noc(C2CCNC2)n1. The van der Waals surface area contributed by atoms with Gasteiger partial charge in [-0.15, -0.1) is 11.8 Å². The minimum absolute atomic E-state index is 0.403. The Kier molecular flexibility index (Phi) is 3.63. The maximum Gasteiger partial charge on any atom is 0.231 e. The molecule has 0 saturated carbocycles. The summed E-state index contributed by atoms with van der Waals surface area (Å²) in [6.07, 6.45) is 1.11. The smallest absolute Gasteiger partial charge is 0.231 e. The van der Waals surface area contributed by atoms with Crippen LogP contribution in [0.15, 0.2) is 4.52 Å². The van der Waals surface area contributed by atoms with E-state index in [0.29, 0.717) is 16.4 Å². The van der Waals surface area contributed by atoms with E-state index in [2.05, 4.69) is 22.4 Å². The maximum absolute atomic E-state index is 5.43. The van der Waals surface area contributed by atoms with Gasteiger partial charge in [0.2, 0.25) is 5.89 Å². The van der Waals surface area contributed by atoms with E-state index in [1.54, 1.807) is 0 Å². The average Bonchev–Trinajstić information content (AvgIpc) is 3.00. The molecule has 0 radical (unpaired) electrons. The lowest BCUT2D eigenvalue weighted by molar-refractivity contribution is 0.354. The standard InChI is InChI=1S/C11H17N3OS2/c1-7-9(17-5-4-16-7)10-13-11(15-14-10)8-2-3-12-6-8/h7-9,12H,2-6H2,1H3. The van der Waals surface area contributed by atoms with Crippen LogP contribution in [-0.2, 0) is 0 Å². The van der Waals surface area contributed by atoms with Gasteiger partial charge in [-0.1, -0.05) is 12.1 Å². The van der Waals surface area contributed by atoms with E-state index in [1.807, 2.05) is 23.5 Å². The van der Waals surface area contributed by atoms with E-state index < -0.39 is 0 Å². The van der Waals surface area contributed by atoms with Crippen molar-refractivity contribution in [3.05, 3.63) is 11.7 Å². The third-order valence-electron chi connectivity index (χ3n) is 3.31. The molecule has 2 aliphatic rings. The molecular weight excluding hydrogens is 254 g/mol. The number of thioether (sulfide) groups is 2. The Morgan fingerprint density at radius 2 is 2.24 bits per heavy atom. The fourth-order valence-electron chi connectivity index (χ4n) is 2.31. The number of nitrogens with zero attached hydrogens (tertiary/aromatic N) is 2. The Bertz CT molecular complexity index is 379. The summed E-state index contributed by atoms with van der Waals surface area (Å²) in [5, 5.41) is 8.51. The van der Waals surface area contributed by atoms with Crippen molar-refractivity contribution < 1.29 is 4.52 Å². The summed E-state index contributed by atoms with van der Waals surface area (Å²) in [7, 11) is 0. The molecule has 17 heavy (non-hydrogen) atoms. The molecule has 3 unspecified atom stereocenters. The second-order valence-corrected chi connectivity index (χ2v) is 7.28. The minimum Gasteiger partial charge on any atom is -0.339 e. The molecule has 1 aromatic rings. The lowest BCUT2D eigenvalue weighted by Gasteiger charge is -2.24. The summed E-state index contributed by atoms with van der Waals surface area (Å²) in [5.74, 6) is 4.58. The van der Waals surface area contributed by atoms with Crippen molar-refractivity contribution in [3.8, 4) is 0 Å². The van der Waals surface area contributed by atoms with Crippen LogP contribution in [0, 0.1) is 0 Å². The fourth-order valence-corrected chi connectivity index (χ4v) is 4.99. The number of hydrogen-bond acceptors (Lipinski definition) is 6. The van der Waals surface area contributed by atoms with Crippen LogP contribution >= 0.6 is 23.5 Å². The third-order valence-corrected chi connectivity index (χ3v) is 6.40. The minimum atomic E-state index is 0.403. The Morgan fingerprint density at radius 3 is 3.00 bits per heavy atom. The van der Waals surface area contributed by atoms with Crippen LogP contribution in [0.25, 0.3) is 0 Å². The molecule has 0 spiro atoms. The molecule has 2 fully saturated rings. The van der Waals surface area contributed by atoms with Gasteiger partial charge in [0.25, 0.3) is 0 Å². The van der Waals surface area contributed by atoms with Gasteiger partial charge < -0.3 is 9.84 Å². The molecule has 0 bridgehead atoms. The summed E-state index contributed by atoms with van der Waals surface area (Å²) >= 11 is 3.97. The van der Waals surface area contributed by atoms with Crippen molar-refractivity contribution in [1.82, 2.24) is 15.5 Å². The van der Waals surface area contributed by atoms with Crippen LogP contribution in [-0.4, -0.2) is 40.0 Å². The third kappa shape index (κ3) is 2.48. The largest absolute Gasteiger partial charge is 0.339 e. The van der Waals surface area contributed by atoms with Gasteiger partial charge in [-0.05, 0) is 13.0 Å². The van der Waals surface area contributed by atoms with Gasteiger partial charge in [0.1, 0.15) is 0 Å². The van der Waals surface area contributed by atoms with E-state index >= 15 is 0 Å². The highest BCUT2D eigenvalue weighted by molar-refractivity contribution is 8.06. The summed E-state index contributed by atoms with van der Waals surface area (Å²) in [6, 6.07) is 0. The van der Waals surface area contributed by atoms with E-state index in [-0.39, 0.29) is 0 Å². The van der Waals surface area contributed by atoms with Gasteiger partial charge in [-0.2, -0.15) is 16.7 Å². The number of rotatable bonds is 2. The second kappa shape index (κ2) is 5.20. The molecule has 0 aromatic carbocycles. The monoisotopic (exact) mass is 271 g/mol. The average molecular weight is 271 g/mol. The highest BCUT2D eigenvalue weighted by Gasteiger charge is 2.30. The lowest BCUT2D eigenvalue weighted by atomic mass is 10.1. The van der Waals surface area contributed by atoms with E-state index in [9.17, 15) is 0 Å². The predicted molar refractivity (Wildman–Crippen MR) is 71.6 cm³/mol. The van der Waals surface area contributed by atoms with Gasteiger partial charge in [-0.25, -0.2) is 0 Å². The van der Waals surface area contributed by atoms with E-state index in [0.717, 1.165) is 31.2 Å². The zero-order chi connectivity index (χ0) is 11.7. The van der Waals surface area contributed by atoms with Crippen molar-refractivity contribution in [2.75, 3.05) is 24.6 Å². The van der Waals surface area contributed by atoms with Crippen molar-refractivity contribution in [2.45, 2.75) is 29.8 Å². The molecule has 3 heterocycles. The molecule has 3 rings (SSSR count). The van der Waals surface area contributed by atoms with Crippen LogP contribution in [0.4, 0.5) is 0 Å². The van der Waals surface area contributed by atoms with Gasteiger partial charge in [-0.3, -0.25) is 0 Å². The van der Waals surface area contributed by atoms with Gasteiger partial charge in [0.05, 0.1) is 11.2 Å². The summed E-state index contributed by atoms with van der Waals surface area (Å²) < 4.78 is 5.43. The lowest BCUT2D eigenvalue weighted by Crippen LogP contribution is -2.17. The summed E-state index contributed by atoms with van der Waals surface area (Å²) in [5.41, 5.74) is 0. The molecule has 6 heteroatoms. The summed E-state index contributed by atoms with van der Waals surface area (Å²) in [6.45, 7) is 4.30. The molecule has 2 aliphatic heterocycles. The quantitative estimate of drug-likeness (QED) is 0.888. The first-order chi connectivity index (χ1) is 8.34. The van der Waals surface area contributed by atoms with Crippen molar-refractivity contribution >= 4 is 23.5 Å². The molecule has 3 atom stereocenters. The van der Waals surface area contributed by atoms with Crippen LogP contribution in [0.5, 0.6) is 0 Å². The molecule has 1 N–H and O–H groups in total. The Hall–Kier alpha value is -0.200. The van der Waals surface area contributed by atoms with E-state index in [1.165, 1.54) is 11.5 Å². The normalized spacial score (nSPS) is 34.1. The highest BCUT2D eigenvalue weighted by Crippen LogP contribution is 2.41. The van der Waals surface area contributed by atoms with Crippen LogP contribution in [0.2, 0.25) is 0 Å². The van der Waals surface area contributed by atoms with Crippen molar-refractivity contribution in [2.24, 2.45) is 0 Å². The Balaban J connectivity index is 1.74. The fraction of sp³-hybridized carbons (Fsp3) is 0.818.